The average molecular weight is 1190 g/mol. The van der Waals surface area contributed by atoms with Gasteiger partial charge >= 0.3 is 0 Å². The van der Waals surface area contributed by atoms with Crippen molar-refractivity contribution >= 4 is 152 Å². The lowest BCUT2D eigenvalue weighted by molar-refractivity contribution is 0.411. The summed E-state index contributed by atoms with van der Waals surface area (Å²) in [6.45, 7) is 57.8. The lowest BCUT2D eigenvalue weighted by Gasteiger charge is -2.33. The fourth-order valence-electron chi connectivity index (χ4n) is 9.90. The van der Waals surface area contributed by atoms with Gasteiger partial charge in [0.2, 0.25) is 0 Å². The number of benzene rings is 6. The Kier molecular flexibility index (Phi) is 17.4. The van der Waals surface area contributed by atoms with Gasteiger partial charge in [0.05, 0.1) is 78.8 Å². The summed E-state index contributed by atoms with van der Waals surface area (Å²) in [5.41, 5.74) is 1.36. The molecule has 6 rings (SSSR count). The summed E-state index contributed by atoms with van der Waals surface area (Å²) in [5, 5.41) is 15.3. The number of hydrogen-bond donors (Lipinski definition) is 0. The van der Waals surface area contributed by atoms with Crippen molar-refractivity contribution in [2.45, 2.75) is 157 Å². The zero-order valence-corrected chi connectivity index (χ0v) is 61.7. The molecule has 0 atom stereocenters. The first-order valence-corrected chi connectivity index (χ1v) is 59.0. The normalized spacial score (nSPS) is 13.8. The lowest BCUT2D eigenvalue weighted by Crippen LogP contribution is -2.50. The maximum absolute atomic E-state index is 18.4. The summed E-state index contributed by atoms with van der Waals surface area (Å²) < 4.78 is 50.1. The molecule has 0 spiro atoms. The maximum atomic E-state index is 18.4. The molecule has 0 saturated carbocycles. The largest absolute Gasteiger partial charge is 0.496 e. The number of ether oxygens (including phenoxy) is 2. The van der Waals surface area contributed by atoms with Crippen molar-refractivity contribution in [3.63, 3.8) is 0 Å². The quantitative estimate of drug-likeness (QED) is 0.0675. The van der Waals surface area contributed by atoms with Crippen molar-refractivity contribution in [1.29, 1.82) is 0 Å². The number of methoxy groups -OCH3 is 2. The van der Waals surface area contributed by atoms with Gasteiger partial charge in [-0.1, -0.05) is 284 Å². The van der Waals surface area contributed by atoms with Gasteiger partial charge in [-0.3, -0.25) is 0 Å². The fraction of sp³-hybridized carbons (Fsp3) is 0.419. The molecule has 0 amide bonds. The maximum Gasteiger partial charge on any atom is 0.171 e. The van der Waals surface area contributed by atoms with Crippen LogP contribution < -0.4 is 82.8 Å². The van der Waals surface area contributed by atoms with Crippen LogP contribution in [0.25, 0.3) is 11.1 Å². The van der Waals surface area contributed by atoms with Gasteiger partial charge in [-0.15, -0.1) is 0 Å². The smallest absolute Gasteiger partial charge is 0.171 e. The minimum Gasteiger partial charge on any atom is -0.496 e. The molecule has 0 saturated heterocycles. The predicted octanol–water partition coefficient (Wildman–Crippen LogP) is 11.0. The van der Waals surface area contributed by atoms with Crippen molar-refractivity contribution in [3.8, 4) is 22.6 Å². The van der Waals surface area contributed by atoms with Gasteiger partial charge in [-0.05, 0) is 24.3 Å². The molecule has 0 heterocycles. The Labute approximate surface area is 470 Å². The van der Waals surface area contributed by atoms with E-state index in [4.69, 9.17) is 9.47 Å². The van der Waals surface area contributed by atoms with E-state index in [1.807, 2.05) is 24.3 Å². The van der Waals surface area contributed by atoms with Crippen LogP contribution in [0.3, 0.4) is 0 Å². The van der Waals surface area contributed by atoms with E-state index < -0.39 is 78.9 Å². The van der Waals surface area contributed by atoms with Crippen LogP contribution in [0, 0.1) is 0 Å². The Morgan fingerprint density at radius 2 is 0.447 bits per heavy atom. The third kappa shape index (κ3) is 12.8. The highest BCUT2D eigenvalue weighted by atomic mass is 31.2. The molecule has 410 valence electrons. The molecular formula is C62H96O4P2Si8. The van der Waals surface area contributed by atoms with Crippen molar-refractivity contribution < 1.29 is 18.6 Å². The molecule has 4 nitrogen and oxygen atoms in total. The Hall–Kier alpha value is -2.88. The van der Waals surface area contributed by atoms with Crippen LogP contribution in [0.5, 0.6) is 11.5 Å². The van der Waals surface area contributed by atoms with E-state index in [1.54, 1.807) is 14.2 Å². The molecule has 0 aliphatic carbocycles. The van der Waals surface area contributed by atoms with Gasteiger partial charge in [0, 0.05) is 43.0 Å². The van der Waals surface area contributed by atoms with E-state index in [9.17, 15) is 0 Å². The molecule has 76 heavy (non-hydrogen) atoms. The number of rotatable bonds is 17. The Morgan fingerprint density at radius 1 is 0.276 bits per heavy atom. The monoisotopic (exact) mass is 1190 g/mol. The molecule has 6 aromatic rings. The molecule has 0 aromatic heterocycles. The van der Waals surface area contributed by atoms with Crippen LogP contribution in [0.2, 0.25) is 157 Å². The van der Waals surface area contributed by atoms with Gasteiger partial charge in [0.1, 0.15) is 11.5 Å². The molecule has 0 N–H and O–H groups in total. The van der Waals surface area contributed by atoms with Crippen molar-refractivity contribution in [2.24, 2.45) is 0 Å². The van der Waals surface area contributed by atoms with Crippen LogP contribution in [0.1, 0.15) is 0 Å². The fourth-order valence-corrected chi connectivity index (χ4v) is 26.8. The van der Waals surface area contributed by atoms with Crippen molar-refractivity contribution in [2.75, 3.05) is 14.2 Å². The molecular weight excluding hydrogens is 1100 g/mol. The summed E-state index contributed by atoms with van der Waals surface area (Å²) in [7, 11) is -20.2. The molecule has 0 bridgehead atoms. The number of hydrogen-bond acceptors (Lipinski definition) is 4. The van der Waals surface area contributed by atoms with E-state index in [-0.39, 0.29) is 0 Å². The minimum absolute atomic E-state index is 0.575. The summed E-state index contributed by atoms with van der Waals surface area (Å²) in [6.07, 6.45) is 0. The van der Waals surface area contributed by atoms with Crippen molar-refractivity contribution in [3.05, 3.63) is 109 Å². The van der Waals surface area contributed by atoms with Crippen molar-refractivity contribution in [1.82, 2.24) is 0 Å². The molecule has 0 aliphatic heterocycles. The lowest BCUT2D eigenvalue weighted by atomic mass is 10.0. The Balaban J connectivity index is 1.99. The Morgan fingerprint density at radius 3 is 0.592 bits per heavy atom. The second-order valence-corrected chi connectivity index (χ2v) is 76.1. The summed E-state index contributed by atoms with van der Waals surface area (Å²) in [4.78, 5) is 0. The molecule has 0 aliphatic rings. The highest BCUT2D eigenvalue weighted by molar-refractivity contribution is 7.86. The van der Waals surface area contributed by atoms with Gasteiger partial charge in [0.25, 0.3) is 0 Å². The second kappa shape index (κ2) is 21.2. The molecule has 0 radical (unpaired) electrons. The summed E-state index contributed by atoms with van der Waals surface area (Å²) in [6, 6.07) is 40.7. The molecule has 6 aromatic carbocycles. The average Bonchev–Trinajstić information content (AvgIpc) is 3.30. The van der Waals surface area contributed by atoms with E-state index in [0.717, 1.165) is 21.2 Å². The van der Waals surface area contributed by atoms with Gasteiger partial charge in [-0.25, -0.2) is 0 Å². The second-order valence-electron chi connectivity index (χ2n) is 30.0. The topological polar surface area (TPSA) is 52.6 Å². The van der Waals surface area contributed by atoms with E-state index in [0.29, 0.717) is 33.2 Å². The first-order chi connectivity index (χ1) is 34.4. The van der Waals surface area contributed by atoms with E-state index in [1.165, 1.54) is 41.5 Å². The SMILES string of the molecule is COc1cccc(P(=O)(c2cc([Si](C)(C)C)cc([Si](C)(C)C)c2)c2cc([Si](C)(C)C)cc([Si](C)(C)C)c2)c1-c1c(OC)cccc1P(=O)(c1cc([Si](C)(C)C)cc([Si](C)(C)C)c1)c1cc([Si](C)(C)C)cc([Si](C)(C)C)c1. The van der Waals surface area contributed by atoms with Gasteiger partial charge < -0.3 is 18.6 Å². The van der Waals surface area contributed by atoms with Gasteiger partial charge in [-0.2, -0.15) is 0 Å². The first kappa shape index (κ1) is 62.3. The standard InChI is InChI=1S/C62H96O4P2Si8/c1-65-57-29-27-31-59(67(63,45-33-49(69(3,4)5)41-50(34-45)70(6,7)8)46-35-51(71(9,10)11)42-52(36-46)72(12,13)14)61(57)62-58(66-2)30-28-32-60(62)68(64,47-37-53(73(15,16)17)43-54(38-47)74(18,19)20)48-39-55(75(21,22)23)44-56(40-48)76(24,25)26/h27-44H,1-26H3. The zero-order valence-electron chi connectivity index (χ0n) is 51.9. The van der Waals surface area contributed by atoms with Gasteiger partial charge in [0.15, 0.2) is 14.3 Å². The first-order valence-electron chi connectivity index (χ1n) is 27.6. The highest BCUT2D eigenvalue weighted by Gasteiger charge is 2.43. The third-order valence-corrected chi connectivity index (χ3v) is 37.6. The van der Waals surface area contributed by atoms with E-state index in [2.05, 4.69) is 242 Å². The molecule has 0 fully saturated rings. The van der Waals surface area contributed by atoms with Crippen LogP contribution >= 0.6 is 14.3 Å². The van der Waals surface area contributed by atoms with Crippen LogP contribution in [0.4, 0.5) is 0 Å². The molecule has 14 heteroatoms. The third-order valence-electron chi connectivity index (χ3n) is 15.4. The van der Waals surface area contributed by atoms with Crippen LogP contribution in [-0.2, 0) is 9.13 Å². The zero-order chi connectivity index (χ0) is 57.5. The molecule has 0 unspecified atom stereocenters. The summed E-state index contributed by atoms with van der Waals surface area (Å²) >= 11 is 0. The minimum atomic E-state index is -3.89. The Bertz CT molecular complexity index is 2770. The summed E-state index contributed by atoms with van der Waals surface area (Å²) in [5.74, 6) is 1.15. The predicted molar refractivity (Wildman–Crippen MR) is 368 cm³/mol. The van der Waals surface area contributed by atoms with Crippen LogP contribution in [-0.4, -0.2) is 78.8 Å². The van der Waals surface area contributed by atoms with E-state index >= 15 is 9.13 Å². The van der Waals surface area contributed by atoms with Crippen LogP contribution in [0.15, 0.2) is 109 Å². The highest BCUT2D eigenvalue weighted by Crippen LogP contribution is 2.53.